The van der Waals surface area contributed by atoms with Crippen molar-refractivity contribution in [1.82, 2.24) is 18.7 Å². The lowest BCUT2D eigenvalue weighted by Gasteiger charge is -2.23. The summed E-state index contributed by atoms with van der Waals surface area (Å²) in [5.41, 5.74) is 1.56. The first-order valence-corrected chi connectivity index (χ1v) is 10.5. The van der Waals surface area contributed by atoms with Gasteiger partial charge >= 0.3 is 5.69 Å². The van der Waals surface area contributed by atoms with E-state index in [1.807, 2.05) is 24.3 Å². The highest BCUT2D eigenvalue weighted by Crippen LogP contribution is 2.36. The van der Waals surface area contributed by atoms with Gasteiger partial charge in [-0.2, -0.15) is 0 Å². The van der Waals surface area contributed by atoms with Gasteiger partial charge in [-0.15, -0.1) is 11.8 Å². The van der Waals surface area contributed by atoms with Gasteiger partial charge in [0.05, 0.1) is 6.33 Å². The maximum absolute atomic E-state index is 12.9. The molecule has 1 aliphatic rings. The molecule has 1 atom stereocenters. The molecule has 0 radical (unpaired) electrons. The smallest absolute Gasteiger partial charge is 0.315 e. The molecular weight excluding hydrogens is 402 g/mol. The molecule has 0 spiro atoms. The van der Waals surface area contributed by atoms with E-state index in [4.69, 9.17) is 0 Å². The fourth-order valence-electron chi connectivity index (χ4n) is 3.63. The quantitative estimate of drug-likeness (QED) is 0.634. The number of fused-ring (bicyclic) bond motifs is 1. The molecule has 0 saturated carbocycles. The Kier molecular flexibility index (Phi) is 4.93. The highest BCUT2D eigenvalue weighted by molar-refractivity contribution is 8.02. The zero-order chi connectivity index (χ0) is 21.6. The molecule has 0 N–H and O–H groups in total. The molecule has 0 aliphatic carbocycles. The van der Waals surface area contributed by atoms with Crippen LogP contribution in [-0.2, 0) is 30.8 Å². The molecule has 156 valence electrons. The highest BCUT2D eigenvalue weighted by Gasteiger charge is 2.27. The summed E-state index contributed by atoms with van der Waals surface area (Å²) in [5, 5.41) is 2.12. The van der Waals surface area contributed by atoms with Crippen LogP contribution < -0.4 is 16.1 Å². The summed E-state index contributed by atoms with van der Waals surface area (Å²) in [7, 11) is 4.67. The number of benzene rings is 1. The SMILES string of the molecule is CN(C(=O)Cn1cnc2c1c(=O)n(C)c(=O)n2C)c1ccc(C2(C)C=CSC2)cc1. The fraction of sp³-hybridized carbons (Fsp3) is 0.333. The average molecular weight is 426 g/mol. The van der Waals surface area contributed by atoms with Crippen LogP contribution in [0.4, 0.5) is 5.69 Å². The van der Waals surface area contributed by atoms with E-state index in [0.717, 1.165) is 16.0 Å². The van der Waals surface area contributed by atoms with Gasteiger partial charge in [-0.1, -0.05) is 25.1 Å². The normalized spacial score (nSPS) is 18.3. The van der Waals surface area contributed by atoms with Crippen molar-refractivity contribution in [3.05, 3.63) is 68.5 Å². The van der Waals surface area contributed by atoms with Crippen LogP contribution in [0, 0.1) is 0 Å². The number of aromatic nitrogens is 4. The van der Waals surface area contributed by atoms with Crippen molar-refractivity contribution in [3.63, 3.8) is 0 Å². The summed E-state index contributed by atoms with van der Waals surface area (Å²) in [5.74, 6) is 0.812. The number of likely N-dealkylation sites (N-methyl/N-ethyl adjacent to an activating group) is 1. The number of allylic oxidation sites excluding steroid dienone is 1. The predicted molar refractivity (Wildman–Crippen MR) is 119 cm³/mol. The molecular formula is C21H23N5O3S. The molecule has 1 aromatic carbocycles. The summed E-state index contributed by atoms with van der Waals surface area (Å²) < 4.78 is 3.81. The summed E-state index contributed by atoms with van der Waals surface area (Å²) in [6, 6.07) is 7.97. The summed E-state index contributed by atoms with van der Waals surface area (Å²) >= 11 is 1.80. The van der Waals surface area contributed by atoms with Crippen LogP contribution in [0.25, 0.3) is 11.2 Å². The Morgan fingerprint density at radius 3 is 2.53 bits per heavy atom. The van der Waals surface area contributed by atoms with Crippen molar-refractivity contribution in [1.29, 1.82) is 0 Å². The first-order chi connectivity index (χ1) is 14.2. The topological polar surface area (TPSA) is 82.1 Å². The molecule has 0 saturated heterocycles. The van der Waals surface area contributed by atoms with Gasteiger partial charge in [0.15, 0.2) is 11.2 Å². The Morgan fingerprint density at radius 1 is 1.20 bits per heavy atom. The summed E-state index contributed by atoms with van der Waals surface area (Å²) in [4.78, 5) is 43.2. The molecule has 3 aromatic rings. The van der Waals surface area contributed by atoms with Gasteiger partial charge in [0.2, 0.25) is 5.91 Å². The minimum Gasteiger partial charge on any atom is -0.315 e. The second-order valence-electron chi connectivity index (χ2n) is 7.78. The monoisotopic (exact) mass is 425 g/mol. The second kappa shape index (κ2) is 7.32. The number of hydrogen-bond acceptors (Lipinski definition) is 5. The van der Waals surface area contributed by atoms with E-state index in [-0.39, 0.29) is 29.0 Å². The number of nitrogens with zero attached hydrogens (tertiary/aromatic N) is 5. The van der Waals surface area contributed by atoms with Crippen molar-refractivity contribution in [3.8, 4) is 0 Å². The Balaban J connectivity index is 1.59. The molecule has 1 aliphatic heterocycles. The van der Waals surface area contributed by atoms with E-state index >= 15 is 0 Å². The summed E-state index contributed by atoms with van der Waals surface area (Å²) in [6.07, 6.45) is 3.63. The Labute approximate surface area is 177 Å². The van der Waals surface area contributed by atoms with Gasteiger partial charge in [-0.05, 0) is 23.1 Å². The number of amides is 1. The van der Waals surface area contributed by atoms with Crippen LogP contribution in [0.1, 0.15) is 12.5 Å². The van der Waals surface area contributed by atoms with Crippen LogP contribution in [0.15, 0.2) is 51.7 Å². The molecule has 8 nitrogen and oxygen atoms in total. The van der Waals surface area contributed by atoms with Crippen molar-refractivity contribution in [2.75, 3.05) is 17.7 Å². The first kappa shape index (κ1) is 20.2. The number of hydrogen-bond donors (Lipinski definition) is 0. The lowest BCUT2D eigenvalue weighted by atomic mass is 9.85. The Morgan fingerprint density at radius 2 is 1.90 bits per heavy atom. The molecule has 3 heterocycles. The molecule has 1 amide bonds. The zero-order valence-electron chi connectivity index (χ0n) is 17.3. The maximum atomic E-state index is 12.9. The Hall–Kier alpha value is -3.07. The van der Waals surface area contributed by atoms with Crippen molar-refractivity contribution >= 4 is 34.5 Å². The van der Waals surface area contributed by atoms with Crippen LogP contribution in [0.5, 0.6) is 0 Å². The predicted octanol–water partition coefficient (Wildman–Crippen LogP) is 1.61. The van der Waals surface area contributed by atoms with E-state index in [1.54, 1.807) is 30.8 Å². The van der Waals surface area contributed by atoms with Gasteiger partial charge in [0.25, 0.3) is 5.56 Å². The lowest BCUT2D eigenvalue weighted by molar-refractivity contribution is -0.118. The van der Waals surface area contributed by atoms with Gasteiger partial charge in [-0.25, -0.2) is 9.78 Å². The number of carbonyl (C=O) groups is 1. The lowest BCUT2D eigenvalue weighted by Crippen LogP contribution is -2.38. The number of anilines is 1. The molecule has 30 heavy (non-hydrogen) atoms. The van der Waals surface area contributed by atoms with Crippen molar-refractivity contribution in [2.24, 2.45) is 14.1 Å². The van der Waals surface area contributed by atoms with E-state index in [1.165, 1.54) is 28.1 Å². The summed E-state index contributed by atoms with van der Waals surface area (Å²) in [6.45, 7) is 2.14. The van der Waals surface area contributed by atoms with E-state index in [0.29, 0.717) is 0 Å². The van der Waals surface area contributed by atoms with Crippen LogP contribution in [0.3, 0.4) is 0 Å². The van der Waals surface area contributed by atoms with Crippen LogP contribution in [0.2, 0.25) is 0 Å². The van der Waals surface area contributed by atoms with E-state index in [2.05, 4.69) is 23.4 Å². The minimum absolute atomic E-state index is 0.0114. The molecule has 0 fully saturated rings. The maximum Gasteiger partial charge on any atom is 0.332 e. The van der Waals surface area contributed by atoms with Crippen LogP contribution >= 0.6 is 11.8 Å². The third-order valence-corrected chi connectivity index (χ3v) is 6.82. The second-order valence-corrected chi connectivity index (χ2v) is 8.68. The van der Waals surface area contributed by atoms with E-state index < -0.39 is 11.2 Å². The number of imidazole rings is 1. The number of aryl methyl sites for hydroxylation is 1. The van der Waals surface area contributed by atoms with Crippen LogP contribution in [-0.4, -0.2) is 37.4 Å². The molecule has 4 rings (SSSR count). The highest BCUT2D eigenvalue weighted by atomic mass is 32.2. The van der Waals surface area contributed by atoms with Crippen molar-refractivity contribution < 1.29 is 4.79 Å². The number of rotatable bonds is 4. The average Bonchev–Trinajstić information content (AvgIpc) is 3.37. The number of carbonyl (C=O) groups excluding carboxylic acids is 1. The van der Waals surface area contributed by atoms with Gasteiger partial charge in [-0.3, -0.25) is 18.7 Å². The minimum atomic E-state index is -0.471. The van der Waals surface area contributed by atoms with Gasteiger partial charge in [0.1, 0.15) is 6.54 Å². The zero-order valence-corrected chi connectivity index (χ0v) is 18.1. The number of thioether (sulfide) groups is 1. The third kappa shape index (κ3) is 3.19. The van der Waals surface area contributed by atoms with Gasteiger partial charge in [0, 0.05) is 38.0 Å². The largest absolute Gasteiger partial charge is 0.332 e. The molecule has 9 heteroatoms. The standard InChI is InChI=1S/C21H23N5O3S/c1-21(9-10-30-12-21)14-5-7-15(8-6-14)23(2)16(27)11-26-13-22-18-17(26)19(28)25(4)20(29)24(18)3/h5-10,13H,11-12H2,1-4H3. The molecule has 2 aromatic heterocycles. The third-order valence-electron chi connectivity index (χ3n) is 5.73. The van der Waals surface area contributed by atoms with Gasteiger partial charge < -0.3 is 9.47 Å². The fourth-order valence-corrected chi connectivity index (χ4v) is 4.73. The van der Waals surface area contributed by atoms with E-state index in [9.17, 15) is 14.4 Å². The molecule has 1 unspecified atom stereocenters. The Bertz CT molecular complexity index is 1280. The first-order valence-electron chi connectivity index (χ1n) is 9.50. The van der Waals surface area contributed by atoms with Crippen molar-refractivity contribution in [2.45, 2.75) is 18.9 Å². The molecule has 0 bridgehead atoms.